The molecule has 1 aromatic heterocycles. The Bertz CT molecular complexity index is 558. The molecule has 0 atom stereocenters. The molecule has 0 saturated heterocycles. The molecule has 0 saturated carbocycles. The molecule has 0 bridgehead atoms. The zero-order valence-corrected chi connectivity index (χ0v) is 11.3. The Morgan fingerprint density at radius 3 is 2.61 bits per heavy atom. The molecule has 0 aliphatic heterocycles. The summed E-state index contributed by atoms with van der Waals surface area (Å²) in [5, 5.41) is 4.50. The second kappa shape index (κ2) is 4.72. The van der Waals surface area contributed by atoms with E-state index in [1.165, 1.54) is 0 Å². The van der Waals surface area contributed by atoms with Crippen LogP contribution in [0.25, 0.3) is 11.1 Å². The third-order valence-electron chi connectivity index (χ3n) is 2.94. The van der Waals surface area contributed by atoms with Gasteiger partial charge in [-0.1, -0.05) is 19.9 Å². The maximum absolute atomic E-state index is 5.95. The lowest BCUT2D eigenvalue weighted by Crippen LogP contribution is -1.95. The first-order valence-electron chi connectivity index (χ1n) is 6.00. The van der Waals surface area contributed by atoms with E-state index >= 15 is 0 Å². The predicted octanol–water partition coefficient (Wildman–Crippen LogP) is 2.80. The van der Waals surface area contributed by atoms with Crippen molar-refractivity contribution in [3.63, 3.8) is 0 Å². The molecular formula is C14H19N3O. The molecule has 4 nitrogen and oxygen atoms in total. The Balaban J connectivity index is 2.51. The van der Waals surface area contributed by atoms with Crippen LogP contribution in [0.1, 0.15) is 25.5 Å². The summed E-state index contributed by atoms with van der Waals surface area (Å²) in [6.45, 7) is 4.28. The van der Waals surface area contributed by atoms with Crippen LogP contribution in [0, 0.1) is 0 Å². The van der Waals surface area contributed by atoms with Gasteiger partial charge in [0.25, 0.3) is 0 Å². The second-order valence-corrected chi connectivity index (χ2v) is 4.71. The average Bonchev–Trinajstić information content (AvgIpc) is 2.71. The van der Waals surface area contributed by atoms with Gasteiger partial charge in [-0.25, -0.2) is 0 Å². The number of hydrogen-bond acceptors (Lipinski definition) is 3. The van der Waals surface area contributed by atoms with E-state index in [4.69, 9.17) is 10.5 Å². The summed E-state index contributed by atoms with van der Waals surface area (Å²) in [7, 11) is 3.55. The van der Waals surface area contributed by atoms with Gasteiger partial charge in [0.15, 0.2) is 0 Å². The quantitative estimate of drug-likeness (QED) is 0.846. The molecule has 0 aliphatic rings. The Kier molecular flexibility index (Phi) is 3.28. The van der Waals surface area contributed by atoms with Crippen molar-refractivity contribution in [2.45, 2.75) is 19.8 Å². The monoisotopic (exact) mass is 245 g/mol. The van der Waals surface area contributed by atoms with Crippen LogP contribution in [-0.4, -0.2) is 16.9 Å². The van der Waals surface area contributed by atoms with Crippen LogP contribution in [0.2, 0.25) is 0 Å². The highest BCUT2D eigenvalue weighted by atomic mass is 16.5. The fraction of sp³-hybridized carbons (Fsp3) is 0.357. The Morgan fingerprint density at radius 1 is 1.33 bits per heavy atom. The highest BCUT2D eigenvalue weighted by molar-refractivity contribution is 5.72. The fourth-order valence-electron chi connectivity index (χ4n) is 2.06. The molecule has 96 valence electrons. The highest BCUT2D eigenvalue weighted by Gasteiger charge is 2.14. The summed E-state index contributed by atoms with van der Waals surface area (Å²) in [6.07, 6.45) is 2.02. The van der Waals surface area contributed by atoms with E-state index in [1.54, 1.807) is 7.11 Å². The molecule has 0 unspecified atom stereocenters. The molecule has 1 heterocycles. The zero-order valence-electron chi connectivity index (χ0n) is 11.3. The number of methoxy groups -OCH3 is 1. The van der Waals surface area contributed by atoms with Crippen LogP contribution in [0.5, 0.6) is 5.75 Å². The Labute approximate surface area is 107 Å². The molecule has 2 aromatic rings. The van der Waals surface area contributed by atoms with E-state index < -0.39 is 0 Å². The van der Waals surface area contributed by atoms with Crippen molar-refractivity contribution in [1.82, 2.24) is 9.78 Å². The Morgan fingerprint density at radius 2 is 2.06 bits per heavy atom. The molecule has 2 N–H and O–H groups in total. The molecule has 0 radical (unpaired) electrons. The lowest BCUT2D eigenvalue weighted by atomic mass is 9.99. The zero-order chi connectivity index (χ0) is 13.3. The summed E-state index contributed by atoms with van der Waals surface area (Å²) in [5.41, 5.74) is 9.88. The van der Waals surface area contributed by atoms with Crippen molar-refractivity contribution in [3.05, 3.63) is 30.1 Å². The number of aryl methyl sites for hydroxylation is 1. The summed E-state index contributed by atoms with van der Waals surface area (Å²) < 4.78 is 7.01. The summed E-state index contributed by atoms with van der Waals surface area (Å²) in [6, 6.07) is 5.83. The van der Waals surface area contributed by atoms with Gasteiger partial charge in [-0.2, -0.15) is 5.10 Å². The minimum absolute atomic E-state index is 0.379. The number of aromatic nitrogens is 2. The van der Waals surface area contributed by atoms with Crippen molar-refractivity contribution in [3.8, 4) is 16.9 Å². The van der Waals surface area contributed by atoms with Crippen molar-refractivity contribution in [1.29, 1.82) is 0 Å². The van der Waals surface area contributed by atoms with E-state index in [0.29, 0.717) is 17.4 Å². The van der Waals surface area contributed by atoms with Crippen molar-refractivity contribution in [2.75, 3.05) is 12.8 Å². The van der Waals surface area contributed by atoms with Gasteiger partial charge >= 0.3 is 0 Å². The van der Waals surface area contributed by atoms with Crippen molar-refractivity contribution in [2.24, 2.45) is 7.05 Å². The van der Waals surface area contributed by atoms with E-state index in [2.05, 4.69) is 18.9 Å². The largest absolute Gasteiger partial charge is 0.495 e. The molecule has 0 aliphatic carbocycles. The van der Waals surface area contributed by atoms with Crippen LogP contribution < -0.4 is 10.5 Å². The van der Waals surface area contributed by atoms with Crippen molar-refractivity contribution >= 4 is 5.69 Å². The summed E-state index contributed by atoms with van der Waals surface area (Å²) in [4.78, 5) is 0. The number of nitrogens with two attached hydrogens (primary N) is 1. The maximum Gasteiger partial charge on any atom is 0.141 e. The van der Waals surface area contributed by atoms with Gasteiger partial charge in [0, 0.05) is 18.8 Å². The third kappa shape index (κ3) is 2.18. The topological polar surface area (TPSA) is 53.1 Å². The minimum Gasteiger partial charge on any atom is -0.495 e. The molecular weight excluding hydrogens is 226 g/mol. The van der Waals surface area contributed by atoms with E-state index in [1.807, 2.05) is 36.1 Å². The predicted molar refractivity (Wildman–Crippen MR) is 73.7 cm³/mol. The molecule has 0 amide bonds. The number of hydrogen-bond donors (Lipinski definition) is 1. The lowest BCUT2D eigenvalue weighted by molar-refractivity contribution is 0.417. The van der Waals surface area contributed by atoms with Gasteiger partial charge in [0.05, 0.1) is 18.5 Å². The van der Waals surface area contributed by atoms with Gasteiger partial charge in [0.2, 0.25) is 0 Å². The number of ether oxygens (including phenoxy) is 1. The fourth-order valence-corrected chi connectivity index (χ4v) is 2.06. The molecule has 0 spiro atoms. The number of nitrogens with zero attached hydrogens (tertiary/aromatic N) is 2. The highest BCUT2D eigenvalue weighted by Crippen LogP contribution is 2.32. The first-order valence-corrected chi connectivity index (χ1v) is 6.00. The molecule has 1 aromatic carbocycles. The number of benzene rings is 1. The first kappa shape index (κ1) is 12.5. The van der Waals surface area contributed by atoms with Crippen molar-refractivity contribution < 1.29 is 4.74 Å². The standard InChI is InChI=1S/C14H19N3O/c1-9(2)14-11(8-17(3)16-14)10-5-6-13(18-4)12(15)7-10/h5-9H,15H2,1-4H3. The first-order chi connectivity index (χ1) is 8.52. The third-order valence-corrected chi connectivity index (χ3v) is 2.94. The maximum atomic E-state index is 5.95. The van der Waals surface area contributed by atoms with Crippen LogP contribution in [0.3, 0.4) is 0 Å². The molecule has 4 heteroatoms. The van der Waals surface area contributed by atoms with Crippen LogP contribution >= 0.6 is 0 Å². The molecule has 0 fully saturated rings. The van der Waals surface area contributed by atoms with E-state index in [-0.39, 0.29) is 0 Å². The van der Waals surface area contributed by atoms with Gasteiger partial charge in [-0.15, -0.1) is 0 Å². The SMILES string of the molecule is COc1ccc(-c2cn(C)nc2C(C)C)cc1N. The number of nitrogen functional groups attached to an aromatic ring is 1. The second-order valence-electron chi connectivity index (χ2n) is 4.71. The smallest absolute Gasteiger partial charge is 0.141 e. The number of anilines is 1. The normalized spacial score (nSPS) is 10.9. The molecule has 2 rings (SSSR count). The van der Waals surface area contributed by atoms with Gasteiger partial charge < -0.3 is 10.5 Å². The van der Waals surface area contributed by atoms with E-state index in [9.17, 15) is 0 Å². The van der Waals surface area contributed by atoms with Gasteiger partial charge in [-0.3, -0.25) is 4.68 Å². The Hall–Kier alpha value is -1.97. The summed E-state index contributed by atoms with van der Waals surface area (Å²) in [5.74, 6) is 1.08. The van der Waals surface area contributed by atoms with Gasteiger partial charge in [-0.05, 0) is 23.6 Å². The van der Waals surface area contributed by atoms with E-state index in [0.717, 1.165) is 16.8 Å². The van der Waals surface area contributed by atoms with Crippen LogP contribution in [0.15, 0.2) is 24.4 Å². The number of rotatable bonds is 3. The average molecular weight is 245 g/mol. The van der Waals surface area contributed by atoms with Gasteiger partial charge in [0.1, 0.15) is 5.75 Å². The lowest BCUT2D eigenvalue weighted by Gasteiger charge is -2.08. The minimum atomic E-state index is 0.379. The summed E-state index contributed by atoms with van der Waals surface area (Å²) >= 11 is 0. The van der Waals surface area contributed by atoms with Crippen LogP contribution in [-0.2, 0) is 7.05 Å². The molecule has 18 heavy (non-hydrogen) atoms. The van der Waals surface area contributed by atoms with Crippen LogP contribution in [0.4, 0.5) is 5.69 Å².